The van der Waals surface area contributed by atoms with Crippen molar-refractivity contribution >= 4 is 26.7 Å². The normalized spacial score (nSPS) is 22.0. The average Bonchev–Trinajstić information content (AvgIpc) is 2.96. The molecule has 0 unspecified atom stereocenters. The fraction of sp³-hybridized carbons (Fsp3) is 0.615. The Morgan fingerprint density at radius 1 is 1.00 bits per heavy atom. The molecule has 4 rings (SSSR count). The number of sulfonamides is 1. The van der Waals surface area contributed by atoms with Gasteiger partial charge in [-0.05, 0) is 76.2 Å². The Kier molecular flexibility index (Phi) is 7.77. The van der Waals surface area contributed by atoms with Crippen molar-refractivity contribution in [2.45, 2.75) is 59.3 Å². The largest absolute Gasteiger partial charge is 0.356 e. The van der Waals surface area contributed by atoms with Gasteiger partial charge in [0.05, 0.1) is 0 Å². The number of rotatable bonds is 5. The van der Waals surface area contributed by atoms with Crippen molar-refractivity contribution in [1.82, 2.24) is 15.1 Å². The smallest absolute Gasteiger partial charge is 0.285 e. The van der Waals surface area contributed by atoms with Crippen LogP contribution >= 0.6 is 0 Å². The average molecular weight is 487 g/mol. The SMILES string of the molecule is CC1=C(c2ccc(C)c(C)c2)S(=O)(=O)N=C1N1CCC(C(=O)NCCN2CCCCCC2)CC1. The summed E-state index contributed by atoms with van der Waals surface area (Å²) < 4.78 is 30.0. The standard InChI is InChI=1S/C26H38N4O3S/c1-19-8-9-23(18-20(19)2)24-21(3)25(28-34(24,32)33)30-15-10-22(11-16-30)26(31)27-12-17-29-13-6-4-5-7-14-29/h8-9,18,22H,4-7,10-17H2,1-3H3,(H,27,31). The number of nitrogens with one attached hydrogen (secondary N) is 1. The Morgan fingerprint density at radius 3 is 2.32 bits per heavy atom. The molecule has 3 aliphatic heterocycles. The molecule has 8 heteroatoms. The van der Waals surface area contributed by atoms with Gasteiger partial charge in [0.1, 0.15) is 10.7 Å². The molecule has 3 heterocycles. The second-order valence-electron chi connectivity index (χ2n) is 9.95. The maximum absolute atomic E-state index is 12.9. The molecule has 1 aromatic carbocycles. The third kappa shape index (κ3) is 5.54. The second kappa shape index (κ2) is 10.6. The molecule has 0 radical (unpaired) electrons. The highest BCUT2D eigenvalue weighted by molar-refractivity contribution is 8.00. The van der Waals surface area contributed by atoms with Crippen LogP contribution in [0, 0.1) is 19.8 Å². The van der Waals surface area contributed by atoms with E-state index in [1.807, 2.05) is 43.9 Å². The second-order valence-corrected chi connectivity index (χ2v) is 11.5. The first-order chi connectivity index (χ1) is 16.3. The van der Waals surface area contributed by atoms with E-state index in [-0.39, 0.29) is 11.8 Å². The van der Waals surface area contributed by atoms with Crippen LogP contribution in [0.15, 0.2) is 28.2 Å². The van der Waals surface area contributed by atoms with E-state index in [1.54, 1.807) is 0 Å². The monoisotopic (exact) mass is 486 g/mol. The lowest BCUT2D eigenvalue weighted by Gasteiger charge is -2.33. The van der Waals surface area contributed by atoms with Gasteiger partial charge in [0.2, 0.25) is 5.91 Å². The summed E-state index contributed by atoms with van der Waals surface area (Å²) in [6.07, 6.45) is 6.56. The Hall–Kier alpha value is -2.19. The maximum atomic E-state index is 12.9. The van der Waals surface area contributed by atoms with E-state index in [9.17, 15) is 13.2 Å². The minimum Gasteiger partial charge on any atom is -0.356 e. The molecule has 2 fully saturated rings. The summed E-state index contributed by atoms with van der Waals surface area (Å²) in [4.78, 5) is 17.5. The molecule has 0 saturated carbocycles. The molecule has 0 bridgehead atoms. The van der Waals surface area contributed by atoms with Crippen LogP contribution in [0.5, 0.6) is 0 Å². The lowest BCUT2D eigenvalue weighted by atomic mass is 9.95. The lowest BCUT2D eigenvalue weighted by molar-refractivity contribution is -0.126. The number of nitrogens with zero attached hydrogens (tertiary/aromatic N) is 3. The number of hydrogen-bond acceptors (Lipinski definition) is 5. The number of amidine groups is 1. The van der Waals surface area contributed by atoms with E-state index in [0.29, 0.717) is 54.4 Å². The summed E-state index contributed by atoms with van der Waals surface area (Å²) >= 11 is 0. The maximum Gasteiger partial charge on any atom is 0.285 e. The summed E-state index contributed by atoms with van der Waals surface area (Å²) in [5.41, 5.74) is 3.58. The predicted octanol–water partition coefficient (Wildman–Crippen LogP) is 3.48. The van der Waals surface area contributed by atoms with Crippen LogP contribution < -0.4 is 5.32 Å². The van der Waals surface area contributed by atoms with Crippen molar-refractivity contribution in [1.29, 1.82) is 0 Å². The zero-order valence-electron chi connectivity index (χ0n) is 20.8. The molecule has 2 saturated heterocycles. The van der Waals surface area contributed by atoms with Gasteiger partial charge in [0, 0.05) is 37.7 Å². The van der Waals surface area contributed by atoms with E-state index >= 15 is 0 Å². The quantitative estimate of drug-likeness (QED) is 0.689. The van der Waals surface area contributed by atoms with E-state index in [2.05, 4.69) is 14.6 Å². The number of piperidine rings is 1. The summed E-state index contributed by atoms with van der Waals surface area (Å²) in [5, 5.41) is 3.13. The van der Waals surface area contributed by atoms with Gasteiger partial charge in [-0.1, -0.05) is 31.0 Å². The molecular weight excluding hydrogens is 448 g/mol. The number of amides is 1. The first-order valence-corrected chi connectivity index (χ1v) is 14.1. The molecule has 0 aromatic heterocycles. The number of benzene rings is 1. The molecule has 0 spiro atoms. The van der Waals surface area contributed by atoms with Crippen LogP contribution in [0.4, 0.5) is 0 Å². The van der Waals surface area contributed by atoms with Crippen LogP contribution in [-0.2, 0) is 14.8 Å². The van der Waals surface area contributed by atoms with Crippen LogP contribution in [0.25, 0.3) is 4.91 Å². The molecule has 0 aliphatic carbocycles. The summed E-state index contributed by atoms with van der Waals surface area (Å²) in [6.45, 7) is 11.0. The Balaban J connectivity index is 1.34. The van der Waals surface area contributed by atoms with Crippen molar-refractivity contribution in [2.75, 3.05) is 39.3 Å². The molecule has 34 heavy (non-hydrogen) atoms. The summed E-state index contributed by atoms with van der Waals surface area (Å²) in [7, 11) is -3.73. The van der Waals surface area contributed by atoms with E-state index in [0.717, 1.165) is 30.8 Å². The number of likely N-dealkylation sites (tertiary alicyclic amines) is 2. The third-order valence-corrected chi connectivity index (χ3v) is 8.97. The summed E-state index contributed by atoms with van der Waals surface area (Å²) in [6, 6.07) is 5.74. The van der Waals surface area contributed by atoms with Crippen molar-refractivity contribution in [2.24, 2.45) is 10.3 Å². The Morgan fingerprint density at radius 2 is 1.68 bits per heavy atom. The number of carbonyl (C=O) groups is 1. The van der Waals surface area contributed by atoms with E-state index < -0.39 is 10.0 Å². The van der Waals surface area contributed by atoms with Gasteiger partial charge < -0.3 is 15.1 Å². The van der Waals surface area contributed by atoms with Crippen molar-refractivity contribution in [3.63, 3.8) is 0 Å². The summed E-state index contributed by atoms with van der Waals surface area (Å²) in [5.74, 6) is 0.634. The van der Waals surface area contributed by atoms with Crippen LogP contribution in [0.2, 0.25) is 0 Å². The van der Waals surface area contributed by atoms with Gasteiger partial charge in [-0.2, -0.15) is 8.42 Å². The fourth-order valence-corrected chi connectivity index (χ4v) is 6.74. The molecule has 186 valence electrons. The Labute approximate surface area is 204 Å². The van der Waals surface area contributed by atoms with Gasteiger partial charge in [-0.3, -0.25) is 4.79 Å². The molecule has 0 atom stereocenters. The predicted molar refractivity (Wildman–Crippen MR) is 137 cm³/mol. The molecule has 1 aromatic rings. The van der Waals surface area contributed by atoms with E-state index in [4.69, 9.17) is 0 Å². The molecular formula is C26H38N4O3S. The molecule has 3 aliphatic rings. The van der Waals surface area contributed by atoms with Crippen molar-refractivity contribution in [3.05, 3.63) is 40.5 Å². The van der Waals surface area contributed by atoms with Gasteiger partial charge in [-0.15, -0.1) is 4.40 Å². The Bertz CT molecular complexity index is 1080. The van der Waals surface area contributed by atoms with Crippen molar-refractivity contribution in [3.8, 4) is 0 Å². The number of hydrogen-bond donors (Lipinski definition) is 1. The zero-order valence-corrected chi connectivity index (χ0v) is 21.6. The minimum absolute atomic E-state index is 0.0255. The lowest BCUT2D eigenvalue weighted by Crippen LogP contribution is -2.44. The number of aryl methyl sites for hydroxylation is 2. The van der Waals surface area contributed by atoms with E-state index in [1.165, 1.54) is 25.7 Å². The van der Waals surface area contributed by atoms with Gasteiger partial charge >= 0.3 is 0 Å². The third-order valence-electron chi connectivity index (χ3n) is 7.50. The topological polar surface area (TPSA) is 82.1 Å². The molecule has 1 amide bonds. The fourth-order valence-electron chi connectivity index (χ4n) is 5.26. The molecule has 1 N–H and O–H groups in total. The van der Waals surface area contributed by atoms with Gasteiger partial charge in [0.25, 0.3) is 10.0 Å². The van der Waals surface area contributed by atoms with Gasteiger partial charge in [-0.25, -0.2) is 0 Å². The van der Waals surface area contributed by atoms with Crippen molar-refractivity contribution < 1.29 is 13.2 Å². The van der Waals surface area contributed by atoms with Crippen LogP contribution in [-0.4, -0.2) is 69.2 Å². The first-order valence-electron chi connectivity index (χ1n) is 12.6. The van der Waals surface area contributed by atoms with Crippen LogP contribution in [0.3, 0.4) is 0 Å². The first kappa shape index (κ1) is 24.9. The zero-order chi connectivity index (χ0) is 24.3. The minimum atomic E-state index is -3.73. The van der Waals surface area contributed by atoms with Crippen LogP contribution in [0.1, 0.15) is 62.1 Å². The highest BCUT2D eigenvalue weighted by Gasteiger charge is 2.35. The molecule has 7 nitrogen and oxygen atoms in total. The van der Waals surface area contributed by atoms with Gasteiger partial charge in [0.15, 0.2) is 0 Å². The number of carbonyl (C=O) groups excluding carboxylic acids is 1. The highest BCUT2D eigenvalue weighted by atomic mass is 32.2. The highest BCUT2D eigenvalue weighted by Crippen LogP contribution is 2.35.